The molecule has 0 saturated carbocycles. The number of rotatable bonds is 4. The molecular weight excluding hydrogens is 270 g/mol. The van der Waals surface area contributed by atoms with Crippen molar-refractivity contribution in [3.8, 4) is 0 Å². The van der Waals surface area contributed by atoms with Gasteiger partial charge in [-0.2, -0.15) is 26.3 Å². The molecule has 0 saturated heterocycles. The van der Waals surface area contributed by atoms with Crippen LogP contribution in [0.2, 0.25) is 0 Å². The van der Waals surface area contributed by atoms with Crippen LogP contribution in [-0.2, 0) is 4.74 Å². The van der Waals surface area contributed by atoms with E-state index in [1.54, 1.807) is 0 Å². The van der Waals surface area contributed by atoms with Crippen molar-refractivity contribution in [2.75, 3.05) is 6.61 Å². The summed E-state index contributed by atoms with van der Waals surface area (Å²) in [7, 11) is 0. The zero-order chi connectivity index (χ0) is 14.0. The molecule has 1 heterocycles. The summed E-state index contributed by atoms with van der Waals surface area (Å²) in [4.78, 5) is 11.1. The van der Waals surface area contributed by atoms with E-state index in [0.717, 1.165) is 12.3 Å². The molecule has 3 nitrogen and oxygen atoms in total. The van der Waals surface area contributed by atoms with Crippen LogP contribution >= 0.6 is 0 Å². The molecule has 9 heteroatoms. The van der Waals surface area contributed by atoms with Crippen LogP contribution < -0.4 is 0 Å². The molecule has 0 fully saturated rings. The third-order valence-electron chi connectivity index (χ3n) is 1.77. The first-order valence-corrected chi connectivity index (χ1v) is 4.44. The van der Waals surface area contributed by atoms with Crippen molar-refractivity contribution in [1.82, 2.24) is 0 Å². The Kier molecular flexibility index (Phi) is 4.05. The first kappa shape index (κ1) is 14.6. The summed E-state index contributed by atoms with van der Waals surface area (Å²) >= 11 is 0. The normalized spacial score (nSPS) is 13.1. The van der Waals surface area contributed by atoms with E-state index in [0.29, 0.717) is 0 Å². The zero-order valence-corrected chi connectivity index (χ0v) is 8.51. The van der Waals surface area contributed by atoms with Crippen LogP contribution in [0, 0.1) is 0 Å². The predicted octanol–water partition coefficient (Wildman–Crippen LogP) is 2.97. The smallest absolute Gasteiger partial charge is 0.423 e. The van der Waals surface area contributed by atoms with Gasteiger partial charge in [0, 0.05) is 0 Å². The molecule has 0 aromatic carbocycles. The van der Waals surface area contributed by atoms with Gasteiger partial charge in [-0.05, 0) is 12.1 Å². The van der Waals surface area contributed by atoms with Crippen LogP contribution in [0.3, 0.4) is 0 Å². The van der Waals surface area contributed by atoms with Gasteiger partial charge < -0.3 is 9.15 Å². The average molecular weight is 276 g/mol. The van der Waals surface area contributed by atoms with Crippen LogP contribution in [0.25, 0.3) is 0 Å². The van der Waals surface area contributed by atoms with E-state index in [2.05, 4.69) is 9.15 Å². The maximum Gasteiger partial charge on any atom is 0.423 e. The van der Waals surface area contributed by atoms with Crippen molar-refractivity contribution < 1.29 is 40.3 Å². The summed E-state index contributed by atoms with van der Waals surface area (Å²) in [5.74, 6) is -1.49. The lowest BCUT2D eigenvalue weighted by Crippen LogP contribution is -2.45. The third-order valence-corrected chi connectivity index (χ3v) is 1.77. The summed E-state index contributed by atoms with van der Waals surface area (Å²) in [6.45, 7) is -1.38. The molecule has 1 aromatic heterocycles. The van der Waals surface area contributed by atoms with E-state index in [1.165, 1.54) is 6.07 Å². The summed E-state index contributed by atoms with van der Waals surface area (Å²) in [6, 6.07) is 2.36. The standard InChI is InChI=1S/C9H6F6O3/c10-8(11,12)7(9(13,14)15)18-4-5(16)6-2-1-3-17-6/h1-3,7H,4H2. The van der Waals surface area contributed by atoms with Crippen molar-refractivity contribution in [2.24, 2.45) is 0 Å². The minimum atomic E-state index is -5.64. The molecule has 1 aromatic rings. The highest BCUT2D eigenvalue weighted by Crippen LogP contribution is 2.35. The lowest BCUT2D eigenvalue weighted by atomic mass is 10.3. The Morgan fingerprint density at radius 1 is 1.22 bits per heavy atom. The lowest BCUT2D eigenvalue weighted by molar-refractivity contribution is -0.319. The largest absolute Gasteiger partial charge is 0.461 e. The molecule has 0 radical (unpaired) electrons. The minimum Gasteiger partial charge on any atom is -0.461 e. The van der Waals surface area contributed by atoms with Crippen LogP contribution in [0.5, 0.6) is 0 Å². The quantitative estimate of drug-likeness (QED) is 0.627. The van der Waals surface area contributed by atoms with Gasteiger partial charge in [0.2, 0.25) is 11.9 Å². The second-order valence-electron chi connectivity index (χ2n) is 3.17. The van der Waals surface area contributed by atoms with Crippen LogP contribution in [0.4, 0.5) is 26.3 Å². The minimum absolute atomic E-state index is 0.377. The Labute approximate surface area is 96.3 Å². The maximum absolute atomic E-state index is 12.0. The fraction of sp³-hybridized carbons (Fsp3) is 0.444. The van der Waals surface area contributed by atoms with Crippen molar-refractivity contribution in [3.05, 3.63) is 24.2 Å². The molecule has 0 unspecified atom stereocenters. The van der Waals surface area contributed by atoms with Gasteiger partial charge in [0.1, 0.15) is 6.61 Å². The van der Waals surface area contributed by atoms with Gasteiger partial charge in [-0.3, -0.25) is 4.79 Å². The lowest BCUT2D eigenvalue weighted by Gasteiger charge is -2.22. The molecule has 0 amide bonds. The average Bonchev–Trinajstić information content (AvgIpc) is 2.65. The molecule has 0 bridgehead atoms. The van der Waals surface area contributed by atoms with Crippen LogP contribution in [0.1, 0.15) is 10.6 Å². The van der Waals surface area contributed by atoms with Crippen molar-refractivity contribution in [1.29, 1.82) is 0 Å². The van der Waals surface area contributed by atoms with Gasteiger partial charge in [-0.25, -0.2) is 0 Å². The Morgan fingerprint density at radius 2 is 1.78 bits per heavy atom. The summed E-state index contributed by atoms with van der Waals surface area (Å²) in [5, 5.41) is 0. The number of alkyl halides is 6. The molecule has 0 aliphatic rings. The van der Waals surface area contributed by atoms with Gasteiger partial charge in [-0.1, -0.05) is 0 Å². The maximum atomic E-state index is 12.0. The van der Waals surface area contributed by atoms with Gasteiger partial charge in [-0.15, -0.1) is 0 Å². The van der Waals surface area contributed by atoms with Gasteiger partial charge in [0.15, 0.2) is 5.76 Å². The van der Waals surface area contributed by atoms with E-state index in [4.69, 9.17) is 0 Å². The SMILES string of the molecule is O=C(COC(C(F)(F)F)C(F)(F)F)c1ccco1. The number of furan rings is 1. The molecule has 18 heavy (non-hydrogen) atoms. The number of ketones is 1. The van der Waals surface area contributed by atoms with Crippen molar-refractivity contribution >= 4 is 5.78 Å². The summed E-state index contributed by atoms with van der Waals surface area (Å²) < 4.78 is 80.3. The number of hydrogen-bond acceptors (Lipinski definition) is 3. The zero-order valence-electron chi connectivity index (χ0n) is 8.51. The van der Waals surface area contributed by atoms with Crippen molar-refractivity contribution in [3.63, 3.8) is 0 Å². The fourth-order valence-corrected chi connectivity index (χ4v) is 1.04. The molecule has 0 N–H and O–H groups in total. The fourth-order valence-electron chi connectivity index (χ4n) is 1.04. The summed E-state index contributed by atoms with van der Waals surface area (Å²) in [5.41, 5.74) is 0. The highest BCUT2D eigenvalue weighted by atomic mass is 19.4. The van der Waals surface area contributed by atoms with E-state index in [9.17, 15) is 31.1 Å². The molecular formula is C9H6F6O3. The van der Waals surface area contributed by atoms with E-state index in [-0.39, 0.29) is 5.76 Å². The van der Waals surface area contributed by atoms with Gasteiger partial charge >= 0.3 is 12.4 Å². The molecule has 0 spiro atoms. The summed E-state index contributed by atoms with van der Waals surface area (Å²) in [6.07, 6.45) is -14.2. The highest BCUT2D eigenvalue weighted by molar-refractivity contribution is 5.94. The first-order chi connectivity index (χ1) is 8.12. The van der Waals surface area contributed by atoms with Crippen molar-refractivity contribution in [2.45, 2.75) is 18.5 Å². The first-order valence-electron chi connectivity index (χ1n) is 4.44. The molecule has 0 aliphatic carbocycles. The van der Waals surface area contributed by atoms with Crippen LogP contribution in [-0.4, -0.2) is 30.8 Å². The van der Waals surface area contributed by atoms with E-state index in [1.807, 2.05) is 0 Å². The molecule has 0 aliphatic heterocycles. The Balaban J connectivity index is 2.67. The third kappa shape index (κ3) is 3.76. The number of halogens is 6. The monoisotopic (exact) mass is 276 g/mol. The molecule has 1 rings (SSSR count). The second-order valence-corrected chi connectivity index (χ2v) is 3.17. The Morgan fingerprint density at radius 3 is 2.17 bits per heavy atom. The molecule has 102 valence electrons. The second kappa shape index (κ2) is 5.01. The topological polar surface area (TPSA) is 39.4 Å². The number of hydrogen-bond donors (Lipinski definition) is 0. The van der Waals surface area contributed by atoms with E-state index >= 15 is 0 Å². The van der Waals surface area contributed by atoms with Gasteiger partial charge in [0.25, 0.3) is 0 Å². The van der Waals surface area contributed by atoms with Gasteiger partial charge in [0.05, 0.1) is 6.26 Å². The number of ether oxygens (including phenoxy) is 1. The van der Waals surface area contributed by atoms with Crippen LogP contribution in [0.15, 0.2) is 22.8 Å². The highest BCUT2D eigenvalue weighted by Gasteiger charge is 2.58. The number of carbonyl (C=O) groups excluding carboxylic acids is 1. The Bertz CT molecular complexity index is 377. The number of Topliss-reactive ketones (excluding diaryl/α,β-unsaturated/α-hetero) is 1. The van der Waals surface area contributed by atoms with E-state index < -0.39 is 30.8 Å². The predicted molar refractivity (Wildman–Crippen MR) is 44.9 cm³/mol. The number of carbonyl (C=O) groups is 1. The molecule has 0 atom stereocenters. The Hall–Kier alpha value is -1.51.